The Morgan fingerprint density at radius 2 is 2.00 bits per heavy atom. The summed E-state index contributed by atoms with van der Waals surface area (Å²) in [7, 11) is 1.86. The van der Waals surface area contributed by atoms with Crippen molar-refractivity contribution in [1.82, 2.24) is 9.88 Å². The zero-order valence-corrected chi connectivity index (χ0v) is 9.60. The highest BCUT2D eigenvalue weighted by Gasteiger charge is 2.18. The van der Waals surface area contributed by atoms with Gasteiger partial charge in [0.25, 0.3) is 0 Å². The summed E-state index contributed by atoms with van der Waals surface area (Å²) in [4.78, 5) is 17.4. The molecule has 1 rings (SSSR count). The molecule has 82 valence electrons. The second kappa shape index (κ2) is 5.49. The summed E-state index contributed by atoms with van der Waals surface area (Å²) in [5, 5.41) is 0. The van der Waals surface area contributed by atoms with E-state index >= 15 is 0 Å². The molecule has 1 heterocycles. The van der Waals surface area contributed by atoms with Crippen molar-refractivity contribution < 1.29 is 4.79 Å². The van der Waals surface area contributed by atoms with Gasteiger partial charge in [0, 0.05) is 25.9 Å². The molecule has 0 aromatic carbocycles. The van der Waals surface area contributed by atoms with Crippen molar-refractivity contribution in [3.8, 4) is 0 Å². The quantitative estimate of drug-likeness (QED) is 0.758. The number of carbonyl (C=O) groups is 1. The van der Waals surface area contributed by atoms with Crippen LogP contribution in [0.25, 0.3) is 0 Å². The van der Waals surface area contributed by atoms with Crippen LogP contribution in [0, 0.1) is 0 Å². The van der Waals surface area contributed by atoms with Crippen molar-refractivity contribution >= 4 is 5.91 Å². The Morgan fingerprint density at radius 3 is 2.47 bits per heavy atom. The molecule has 1 aromatic rings. The lowest BCUT2D eigenvalue weighted by atomic mass is 10.0. The maximum Gasteiger partial charge on any atom is 0.222 e. The van der Waals surface area contributed by atoms with Gasteiger partial charge in [-0.25, -0.2) is 0 Å². The zero-order valence-electron chi connectivity index (χ0n) is 9.60. The van der Waals surface area contributed by atoms with E-state index in [1.54, 1.807) is 12.4 Å². The molecule has 0 bridgehead atoms. The first-order valence-corrected chi connectivity index (χ1v) is 5.36. The maximum atomic E-state index is 11.6. The molecular formula is C12H18N2O. The Hall–Kier alpha value is -1.38. The predicted molar refractivity (Wildman–Crippen MR) is 60.3 cm³/mol. The van der Waals surface area contributed by atoms with E-state index in [1.165, 1.54) is 0 Å². The van der Waals surface area contributed by atoms with Crippen LogP contribution in [0.15, 0.2) is 24.5 Å². The fourth-order valence-electron chi connectivity index (χ4n) is 1.74. The molecule has 0 saturated carbocycles. The molecule has 1 unspecified atom stereocenters. The third-order valence-electron chi connectivity index (χ3n) is 2.64. The number of carbonyl (C=O) groups excluding carboxylic acids is 1. The van der Waals surface area contributed by atoms with E-state index in [2.05, 4.69) is 11.9 Å². The molecule has 0 radical (unpaired) electrons. The van der Waals surface area contributed by atoms with E-state index in [1.807, 2.05) is 31.0 Å². The molecule has 0 aliphatic carbocycles. The van der Waals surface area contributed by atoms with Crippen LogP contribution in [0.1, 0.15) is 38.3 Å². The van der Waals surface area contributed by atoms with Crippen molar-refractivity contribution in [2.75, 3.05) is 7.05 Å². The van der Waals surface area contributed by atoms with Gasteiger partial charge < -0.3 is 4.90 Å². The minimum absolute atomic E-state index is 0.167. The smallest absolute Gasteiger partial charge is 0.222 e. The molecule has 1 atom stereocenters. The van der Waals surface area contributed by atoms with Gasteiger partial charge in [0.2, 0.25) is 5.91 Å². The van der Waals surface area contributed by atoms with Gasteiger partial charge in [-0.1, -0.05) is 13.8 Å². The highest BCUT2D eigenvalue weighted by atomic mass is 16.2. The van der Waals surface area contributed by atoms with Crippen LogP contribution in [-0.4, -0.2) is 22.8 Å². The first-order valence-electron chi connectivity index (χ1n) is 5.36. The predicted octanol–water partition coefficient (Wildman–Crippen LogP) is 2.40. The SMILES string of the molecule is CCC(=O)N(C)C(CC)c1ccncc1. The Labute approximate surface area is 91.1 Å². The summed E-state index contributed by atoms with van der Waals surface area (Å²) in [5.74, 6) is 0.179. The molecule has 3 heteroatoms. The van der Waals surface area contributed by atoms with Crippen molar-refractivity contribution in [3.05, 3.63) is 30.1 Å². The zero-order chi connectivity index (χ0) is 11.3. The third kappa shape index (κ3) is 2.78. The topological polar surface area (TPSA) is 33.2 Å². The van der Waals surface area contributed by atoms with Crippen molar-refractivity contribution in [2.45, 2.75) is 32.7 Å². The molecule has 1 aromatic heterocycles. The minimum Gasteiger partial charge on any atom is -0.339 e. The normalized spacial score (nSPS) is 12.2. The van der Waals surface area contributed by atoms with Crippen LogP contribution in [0.5, 0.6) is 0 Å². The second-order valence-electron chi connectivity index (χ2n) is 3.56. The molecule has 15 heavy (non-hydrogen) atoms. The average Bonchev–Trinajstić information content (AvgIpc) is 2.30. The van der Waals surface area contributed by atoms with Crippen LogP contribution in [0.4, 0.5) is 0 Å². The van der Waals surface area contributed by atoms with E-state index in [0.29, 0.717) is 6.42 Å². The molecule has 1 amide bonds. The van der Waals surface area contributed by atoms with E-state index in [9.17, 15) is 4.79 Å². The second-order valence-corrected chi connectivity index (χ2v) is 3.56. The largest absolute Gasteiger partial charge is 0.339 e. The van der Waals surface area contributed by atoms with Crippen LogP contribution in [0.2, 0.25) is 0 Å². The molecular weight excluding hydrogens is 188 g/mol. The number of aromatic nitrogens is 1. The van der Waals surface area contributed by atoms with Crippen LogP contribution < -0.4 is 0 Å². The van der Waals surface area contributed by atoms with Gasteiger partial charge in [-0.3, -0.25) is 9.78 Å². The number of pyridine rings is 1. The van der Waals surface area contributed by atoms with Gasteiger partial charge in [-0.2, -0.15) is 0 Å². The summed E-state index contributed by atoms with van der Waals surface area (Å²) in [6.07, 6.45) is 5.01. The van der Waals surface area contributed by atoms with Gasteiger partial charge in [-0.15, -0.1) is 0 Å². The number of nitrogens with zero attached hydrogens (tertiary/aromatic N) is 2. The van der Waals surface area contributed by atoms with Crippen molar-refractivity contribution in [3.63, 3.8) is 0 Å². The number of hydrogen-bond donors (Lipinski definition) is 0. The van der Waals surface area contributed by atoms with Crippen molar-refractivity contribution in [2.24, 2.45) is 0 Å². The fourth-order valence-corrected chi connectivity index (χ4v) is 1.74. The lowest BCUT2D eigenvalue weighted by Crippen LogP contribution is -2.30. The summed E-state index contributed by atoms with van der Waals surface area (Å²) in [6.45, 7) is 3.97. The monoisotopic (exact) mass is 206 g/mol. The van der Waals surface area contributed by atoms with E-state index in [-0.39, 0.29) is 11.9 Å². The fraction of sp³-hybridized carbons (Fsp3) is 0.500. The maximum absolute atomic E-state index is 11.6. The molecule has 3 nitrogen and oxygen atoms in total. The Kier molecular flexibility index (Phi) is 4.28. The number of hydrogen-bond acceptors (Lipinski definition) is 2. The number of rotatable bonds is 4. The van der Waals surface area contributed by atoms with Crippen molar-refractivity contribution in [1.29, 1.82) is 0 Å². The van der Waals surface area contributed by atoms with Gasteiger partial charge >= 0.3 is 0 Å². The van der Waals surface area contributed by atoms with E-state index in [4.69, 9.17) is 0 Å². The van der Waals surface area contributed by atoms with Crippen LogP contribution >= 0.6 is 0 Å². The first kappa shape index (κ1) is 11.7. The lowest BCUT2D eigenvalue weighted by molar-refractivity contribution is -0.131. The number of amides is 1. The highest BCUT2D eigenvalue weighted by molar-refractivity contribution is 5.76. The minimum atomic E-state index is 0.167. The summed E-state index contributed by atoms with van der Waals surface area (Å²) < 4.78 is 0. The van der Waals surface area contributed by atoms with E-state index < -0.39 is 0 Å². The summed E-state index contributed by atoms with van der Waals surface area (Å²) in [5.41, 5.74) is 1.15. The molecule has 0 fully saturated rings. The summed E-state index contributed by atoms with van der Waals surface area (Å²) >= 11 is 0. The highest BCUT2D eigenvalue weighted by Crippen LogP contribution is 2.22. The van der Waals surface area contributed by atoms with Crippen LogP contribution in [0.3, 0.4) is 0 Å². The van der Waals surface area contributed by atoms with Gasteiger partial charge in [-0.05, 0) is 24.1 Å². The lowest BCUT2D eigenvalue weighted by Gasteiger charge is -2.27. The van der Waals surface area contributed by atoms with Gasteiger partial charge in [0.15, 0.2) is 0 Å². The molecule has 0 aliphatic heterocycles. The van der Waals surface area contributed by atoms with Crippen LogP contribution in [-0.2, 0) is 4.79 Å². The van der Waals surface area contributed by atoms with Gasteiger partial charge in [0.1, 0.15) is 0 Å². The van der Waals surface area contributed by atoms with E-state index in [0.717, 1.165) is 12.0 Å². The average molecular weight is 206 g/mol. The molecule has 0 N–H and O–H groups in total. The standard InChI is InChI=1S/C12H18N2O/c1-4-11(14(3)12(15)5-2)10-6-8-13-9-7-10/h6-9,11H,4-5H2,1-3H3. The molecule has 0 spiro atoms. The Bertz CT molecular complexity index is 311. The molecule has 0 saturated heterocycles. The molecule has 0 aliphatic rings. The Balaban J connectivity index is 2.85. The Morgan fingerprint density at radius 1 is 1.40 bits per heavy atom. The summed E-state index contributed by atoms with van der Waals surface area (Å²) in [6, 6.07) is 4.10. The third-order valence-corrected chi connectivity index (χ3v) is 2.64. The first-order chi connectivity index (χ1) is 7.20. The van der Waals surface area contributed by atoms with Gasteiger partial charge in [0.05, 0.1) is 6.04 Å².